The molecule has 0 aliphatic heterocycles. The molecule has 0 saturated carbocycles. The van der Waals surface area contributed by atoms with Crippen molar-refractivity contribution >= 4 is 17.6 Å². The lowest BCUT2D eigenvalue weighted by atomic mass is 9.98. The third-order valence-corrected chi connectivity index (χ3v) is 2.51. The minimum absolute atomic E-state index is 0.000787. The van der Waals surface area contributed by atoms with Crippen LogP contribution in [0.5, 0.6) is 5.75 Å². The molecule has 0 heterocycles. The fourth-order valence-corrected chi connectivity index (χ4v) is 1.60. The predicted molar refractivity (Wildman–Crippen MR) is 62.1 cm³/mol. The summed E-state index contributed by atoms with van der Waals surface area (Å²) in [6, 6.07) is 4.08. The van der Waals surface area contributed by atoms with E-state index in [-0.39, 0.29) is 11.3 Å². The number of carboxylic acids is 2. The number of carboxylic acid groups (broad SMARTS) is 2. The quantitative estimate of drug-likeness (QED) is 0.446. The van der Waals surface area contributed by atoms with Crippen LogP contribution in [0.4, 0.5) is 5.69 Å². The molecule has 0 saturated heterocycles. The van der Waals surface area contributed by atoms with Gasteiger partial charge in [-0.15, -0.1) is 0 Å². The highest BCUT2D eigenvalue weighted by molar-refractivity contribution is 5.93. The Morgan fingerprint density at radius 1 is 1.37 bits per heavy atom. The van der Waals surface area contributed by atoms with Crippen LogP contribution in [0.2, 0.25) is 0 Å². The fourth-order valence-electron chi connectivity index (χ4n) is 1.60. The summed E-state index contributed by atoms with van der Waals surface area (Å²) in [7, 11) is 1.23. The summed E-state index contributed by atoms with van der Waals surface area (Å²) >= 11 is 0. The Kier molecular flexibility index (Phi) is 4.41. The molecular weight excluding hydrogens is 258 g/mol. The second-order valence-electron chi connectivity index (χ2n) is 3.66. The molecule has 0 radical (unpaired) electrons. The molecule has 8 nitrogen and oxygen atoms in total. The van der Waals surface area contributed by atoms with Gasteiger partial charge in [-0.3, -0.25) is 19.7 Å². The Balaban J connectivity index is 3.23. The zero-order valence-electron chi connectivity index (χ0n) is 9.90. The molecule has 19 heavy (non-hydrogen) atoms. The number of aliphatic carboxylic acids is 2. The van der Waals surface area contributed by atoms with Crippen LogP contribution in [0, 0.1) is 16.0 Å². The second kappa shape index (κ2) is 5.80. The number of nitrogens with zero attached hydrogens (tertiary/aromatic N) is 1. The molecule has 0 fully saturated rings. The van der Waals surface area contributed by atoms with E-state index < -0.39 is 34.9 Å². The highest BCUT2D eigenvalue weighted by Gasteiger charge is 2.30. The number of nitro benzene ring substituents is 1. The molecule has 0 aliphatic rings. The number of ether oxygens (including phenoxy) is 1. The Morgan fingerprint density at radius 2 is 1.95 bits per heavy atom. The van der Waals surface area contributed by atoms with E-state index in [1.165, 1.54) is 25.3 Å². The smallest absolute Gasteiger partial charge is 0.318 e. The summed E-state index contributed by atoms with van der Waals surface area (Å²) in [5.41, 5.74) is -0.420. The normalized spacial score (nSPS) is 10.2. The molecule has 1 aromatic rings. The molecule has 1 aromatic carbocycles. The standard InChI is InChI=1S/C11H11NO7/c1-19-8-4-2-3-6(9(8)12(17)18)5-7(10(13)14)11(15)16/h2-4,7H,5H2,1H3,(H,13,14)(H,15,16). The van der Waals surface area contributed by atoms with E-state index in [9.17, 15) is 19.7 Å². The van der Waals surface area contributed by atoms with Crippen LogP contribution in [-0.2, 0) is 16.0 Å². The average Bonchev–Trinajstić information content (AvgIpc) is 2.34. The maximum absolute atomic E-state index is 11.0. The van der Waals surface area contributed by atoms with Crippen LogP contribution in [-0.4, -0.2) is 34.2 Å². The summed E-state index contributed by atoms with van der Waals surface area (Å²) in [5.74, 6) is -4.89. The predicted octanol–water partition coefficient (Wildman–Crippen LogP) is 0.931. The Labute approximate surface area is 107 Å². The van der Waals surface area contributed by atoms with Gasteiger partial charge in [0.05, 0.1) is 12.0 Å². The van der Waals surface area contributed by atoms with Gasteiger partial charge in [-0.1, -0.05) is 12.1 Å². The van der Waals surface area contributed by atoms with Gasteiger partial charge in [0, 0.05) is 12.0 Å². The minimum atomic E-state index is -1.74. The first-order valence-electron chi connectivity index (χ1n) is 5.14. The van der Waals surface area contributed by atoms with Crippen molar-refractivity contribution in [2.45, 2.75) is 6.42 Å². The van der Waals surface area contributed by atoms with Crippen molar-refractivity contribution in [3.05, 3.63) is 33.9 Å². The number of hydrogen-bond donors (Lipinski definition) is 2. The maximum atomic E-state index is 11.0. The maximum Gasteiger partial charge on any atom is 0.318 e. The molecule has 0 unspecified atom stereocenters. The number of benzene rings is 1. The van der Waals surface area contributed by atoms with Crippen LogP contribution >= 0.6 is 0 Å². The lowest BCUT2D eigenvalue weighted by Gasteiger charge is -2.09. The Morgan fingerprint density at radius 3 is 2.37 bits per heavy atom. The van der Waals surface area contributed by atoms with Crippen molar-refractivity contribution in [2.24, 2.45) is 5.92 Å². The van der Waals surface area contributed by atoms with Crippen molar-refractivity contribution in [2.75, 3.05) is 7.11 Å². The monoisotopic (exact) mass is 269 g/mol. The first kappa shape index (κ1) is 14.4. The molecule has 0 bridgehead atoms. The first-order valence-corrected chi connectivity index (χ1v) is 5.14. The molecule has 0 amide bonds. The van der Waals surface area contributed by atoms with E-state index >= 15 is 0 Å². The van der Waals surface area contributed by atoms with Gasteiger partial charge in [-0.05, 0) is 6.07 Å². The summed E-state index contributed by atoms with van der Waals surface area (Å²) in [6.07, 6.45) is -0.488. The zero-order chi connectivity index (χ0) is 14.6. The van der Waals surface area contributed by atoms with Crippen molar-refractivity contribution < 1.29 is 29.5 Å². The van der Waals surface area contributed by atoms with Crippen LogP contribution < -0.4 is 4.74 Å². The van der Waals surface area contributed by atoms with Gasteiger partial charge in [0.15, 0.2) is 11.7 Å². The van der Waals surface area contributed by atoms with Gasteiger partial charge in [-0.2, -0.15) is 0 Å². The van der Waals surface area contributed by atoms with Crippen LogP contribution in [0.1, 0.15) is 5.56 Å². The summed E-state index contributed by atoms with van der Waals surface area (Å²) < 4.78 is 4.81. The summed E-state index contributed by atoms with van der Waals surface area (Å²) in [6.45, 7) is 0. The summed E-state index contributed by atoms with van der Waals surface area (Å²) in [5, 5.41) is 28.5. The van der Waals surface area contributed by atoms with Gasteiger partial charge in [0.25, 0.3) is 0 Å². The lowest BCUT2D eigenvalue weighted by molar-refractivity contribution is -0.386. The summed E-state index contributed by atoms with van der Waals surface area (Å²) in [4.78, 5) is 31.8. The SMILES string of the molecule is COc1cccc(CC(C(=O)O)C(=O)O)c1[N+](=O)[O-]. The largest absolute Gasteiger partial charge is 0.490 e. The molecule has 0 aromatic heterocycles. The molecule has 0 aliphatic carbocycles. The molecule has 8 heteroatoms. The Bertz CT molecular complexity index is 512. The lowest BCUT2D eigenvalue weighted by Crippen LogP contribution is -2.25. The van der Waals surface area contributed by atoms with Crippen LogP contribution in [0.3, 0.4) is 0 Å². The molecular formula is C11H11NO7. The van der Waals surface area contributed by atoms with E-state index in [0.717, 1.165) is 0 Å². The van der Waals surface area contributed by atoms with Crippen molar-refractivity contribution in [3.8, 4) is 5.75 Å². The van der Waals surface area contributed by atoms with Gasteiger partial charge >= 0.3 is 17.6 Å². The van der Waals surface area contributed by atoms with Gasteiger partial charge in [0.2, 0.25) is 0 Å². The number of methoxy groups -OCH3 is 1. The van der Waals surface area contributed by atoms with Crippen molar-refractivity contribution in [1.82, 2.24) is 0 Å². The van der Waals surface area contributed by atoms with Gasteiger partial charge < -0.3 is 14.9 Å². The van der Waals surface area contributed by atoms with Gasteiger partial charge in [-0.25, -0.2) is 0 Å². The number of para-hydroxylation sites is 1. The second-order valence-corrected chi connectivity index (χ2v) is 3.66. The van der Waals surface area contributed by atoms with E-state index in [0.29, 0.717) is 0 Å². The Hall–Kier alpha value is -2.64. The third kappa shape index (κ3) is 3.18. The fraction of sp³-hybridized carbons (Fsp3) is 0.273. The van der Waals surface area contributed by atoms with E-state index in [1.807, 2.05) is 0 Å². The van der Waals surface area contributed by atoms with E-state index in [4.69, 9.17) is 14.9 Å². The number of nitro groups is 1. The zero-order valence-corrected chi connectivity index (χ0v) is 9.90. The first-order chi connectivity index (χ1) is 8.88. The molecule has 102 valence electrons. The molecule has 0 spiro atoms. The van der Waals surface area contributed by atoms with E-state index in [2.05, 4.69) is 0 Å². The minimum Gasteiger partial charge on any atom is -0.490 e. The van der Waals surface area contributed by atoms with Crippen LogP contribution in [0.15, 0.2) is 18.2 Å². The van der Waals surface area contributed by atoms with E-state index in [1.54, 1.807) is 0 Å². The van der Waals surface area contributed by atoms with Crippen molar-refractivity contribution in [3.63, 3.8) is 0 Å². The number of hydrogen-bond acceptors (Lipinski definition) is 5. The van der Waals surface area contributed by atoms with Crippen LogP contribution in [0.25, 0.3) is 0 Å². The number of rotatable bonds is 6. The molecule has 1 rings (SSSR count). The molecule has 0 atom stereocenters. The average molecular weight is 269 g/mol. The number of carbonyl (C=O) groups is 2. The third-order valence-electron chi connectivity index (χ3n) is 2.51. The highest BCUT2D eigenvalue weighted by Crippen LogP contribution is 2.32. The highest BCUT2D eigenvalue weighted by atomic mass is 16.6. The topological polar surface area (TPSA) is 127 Å². The van der Waals surface area contributed by atoms with Gasteiger partial charge in [0.1, 0.15) is 0 Å². The van der Waals surface area contributed by atoms with Crippen molar-refractivity contribution in [1.29, 1.82) is 0 Å². The molecule has 2 N–H and O–H groups in total.